The van der Waals surface area contributed by atoms with Crippen molar-refractivity contribution in [2.45, 2.75) is 26.3 Å². The van der Waals surface area contributed by atoms with Gasteiger partial charge in [-0.25, -0.2) is 4.79 Å². The topological polar surface area (TPSA) is 148 Å². The van der Waals surface area contributed by atoms with Gasteiger partial charge in [0.2, 0.25) is 0 Å². The van der Waals surface area contributed by atoms with E-state index >= 15 is 0 Å². The van der Waals surface area contributed by atoms with Crippen molar-refractivity contribution in [3.8, 4) is 5.75 Å². The molecule has 0 fully saturated rings. The Bertz CT molecular complexity index is 1060. The number of hydrogen-bond acceptors (Lipinski definition) is 6. The highest BCUT2D eigenvalue weighted by Gasteiger charge is 2.24. The molecule has 174 valence electrons. The minimum atomic E-state index is -1.21. The Labute approximate surface area is 190 Å². The van der Waals surface area contributed by atoms with Gasteiger partial charge < -0.3 is 20.5 Å². The largest absolute Gasteiger partial charge is 0.497 e. The molecule has 0 radical (unpaired) electrons. The summed E-state index contributed by atoms with van der Waals surface area (Å²) in [5.74, 6) is -2.15. The zero-order valence-electron chi connectivity index (χ0n) is 18.4. The molecule has 0 aliphatic heterocycles. The van der Waals surface area contributed by atoms with Gasteiger partial charge in [-0.1, -0.05) is 26.0 Å². The number of nitro benzene ring substituents is 1. The van der Waals surface area contributed by atoms with Crippen molar-refractivity contribution in [2.75, 3.05) is 7.11 Å². The minimum Gasteiger partial charge on any atom is -0.497 e. The van der Waals surface area contributed by atoms with Crippen molar-refractivity contribution in [3.63, 3.8) is 0 Å². The molecule has 2 amide bonds. The molecule has 2 rings (SSSR count). The first kappa shape index (κ1) is 25.1. The number of hydrogen-bond donors (Lipinski definition) is 3. The number of carbonyl (C=O) groups excluding carboxylic acids is 2. The predicted octanol–water partition coefficient (Wildman–Crippen LogP) is 2.99. The molecule has 10 heteroatoms. The number of nitrogens with one attached hydrogen (secondary N) is 2. The third-order valence-electron chi connectivity index (χ3n) is 4.55. The molecule has 0 unspecified atom stereocenters. The third kappa shape index (κ3) is 7.46. The van der Waals surface area contributed by atoms with E-state index < -0.39 is 28.7 Å². The Morgan fingerprint density at radius 1 is 1.15 bits per heavy atom. The second-order valence-corrected chi connectivity index (χ2v) is 7.59. The monoisotopic (exact) mass is 455 g/mol. The molecular weight excluding hydrogens is 430 g/mol. The molecule has 0 aliphatic carbocycles. The molecule has 0 saturated heterocycles. The van der Waals surface area contributed by atoms with Gasteiger partial charge in [0.05, 0.1) is 12.0 Å². The highest BCUT2D eigenvalue weighted by molar-refractivity contribution is 6.06. The zero-order chi connectivity index (χ0) is 24.5. The lowest BCUT2D eigenvalue weighted by atomic mass is 10.0. The molecule has 1 atom stereocenters. The Morgan fingerprint density at radius 3 is 2.36 bits per heavy atom. The highest BCUT2D eigenvalue weighted by Crippen LogP contribution is 2.17. The highest BCUT2D eigenvalue weighted by atomic mass is 16.6. The van der Waals surface area contributed by atoms with Crippen LogP contribution in [0.3, 0.4) is 0 Å². The number of benzene rings is 2. The summed E-state index contributed by atoms with van der Waals surface area (Å²) in [6, 6.07) is 10.4. The van der Waals surface area contributed by atoms with Crippen LogP contribution in [-0.2, 0) is 9.59 Å². The number of carbonyl (C=O) groups is 3. The second-order valence-electron chi connectivity index (χ2n) is 7.59. The Balaban J connectivity index is 2.38. The lowest BCUT2D eigenvalue weighted by Crippen LogP contribution is -2.45. The van der Waals surface area contributed by atoms with Gasteiger partial charge in [-0.2, -0.15) is 0 Å². The molecule has 33 heavy (non-hydrogen) atoms. The Morgan fingerprint density at radius 2 is 1.82 bits per heavy atom. The van der Waals surface area contributed by atoms with Gasteiger partial charge in [0.1, 0.15) is 17.5 Å². The lowest BCUT2D eigenvalue weighted by Gasteiger charge is -2.18. The minimum absolute atomic E-state index is 0.00973. The summed E-state index contributed by atoms with van der Waals surface area (Å²) in [5.41, 5.74) is 0.0464. The SMILES string of the molecule is COc1ccc(C(=O)N/C(=C\c2cccc([N+](=O)[O-])c2)C(=O)N[C@@H](CC(C)C)C(=O)O)cc1. The van der Waals surface area contributed by atoms with Crippen LogP contribution in [0.4, 0.5) is 5.69 Å². The molecule has 0 aromatic heterocycles. The molecular formula is C23H25N3O7. The van der Waals surface area contributed by atoms with E-state index in [-0.39, 0.29) is 34.9 Å². The first-order valence-corrected chi connectivity index (χ1v) is 10.1. The van der Waals surface area contributed by atoms with Gasteiger partial charge >= 0.3 is 5.97 Å². The maximum Gasteiger partial charge on any atom is 0.326 e. The van der Waals surface area contributed by atoms with Gasteiger partial charge in [0, 0.05) is 17.7 Å². The van der Waals surface area contributed by atoms with E-state index in [0.29, 0.717) is 5.75 Å². The summed E-state index contributed by atoms with van der Waals surface area (Å²) in [6.45, 7) is 3.63. The van der Waals surface area contributed by atoms with Gasteiger partial charge in [-0.15, -0.1) is 0 Å². The summed E-state index contributed by atoms with van der Waals surface area (Å²) in [5, 5.41) is 25.4. The van der Waals surface area contributed by atoms with Crippen molar-refractivity contribution in [1.29, 1.82) is 0 Å². The van der Waals surface area contributed by atoms with Gasteiger partial charge in [-0.05, 0) is 48.2 Å². The van der Waals surface area contributed by atoms with E-state index in [2.05, 4.69) is 10.6 Å². The number of rotatable bonds is 10. The second kappa shape index (κ2) is 11.4. The third-order valence-corrected chi connectivity index (χ3v) is 4.55. The number of methoxy groups -OCH3 is 1. The fourth-order valence-corrected chi connectivity index (χ4v) is 2.92. The van der Waals surface area contributed by atoms with E-state index in [9.17, 15) is 29.6 Å². The van der Waals surface area contributed by atoms with Crippen molar-refractivity contribution in [2.24, 2.45) is 5.92 Å². The van der Waals surface area contributed by atoms with Crippen LogP contribution in [0.5, 0.6) is 5.75 Å². The summed E-state index contributed by atoms with van der Waals surface area (Å²) >= 11 is 0. The normalized spacial score (nSPS) is 12.1. The fraction of sp³-hybridized carbons (Fsp3) is 0.261. The number of amides is 2. The van der Waals surface area contributed by atoms with Gasteiger partial charge in [0.15, 0.2) is 0 Å². The molecule has 0 saturated carbocycles. The zero-order valence-corrected chi connectivity index (χ0v) is 18.4. The van der Waals surface area contributed by atoms with Crippen LogP contribution in [0.25, 0.3) is 6.08 Å². The van der Waals surface area contributed by atoms with Crippen LogP contribution in [0.15, 0.2) is 54.2 Å². The molecule has 10 nitrogen and oxygen atoms in total. The first-order chi connectivity index (χ1) is 15.6. The Hall–Kier alpha value is -4.21. The maximum absolute atomic E-state index is 12.9. The summed E-state index contributed by atoms with van der Waals surface area (Å²) in [7, 11) is 1.48. The number of aliphatic carboxylic acids is 1. The standard InChI is InChI=1S/C23H25N3O7/c1-14(2)11-20(23(29)30)25-22(28)19(13-15-5-4-6-17(12-15)26(31)32)24-21(27)16-7-9-18(33-3)10-8-16/h4-10,12-14,20H,11H2,1-3H3,(H,24,27)(H,25,28)(H,29,30)/b19-13-/t20-/m0/s1. The van der Waals surface area contributed by atoms with Crippen LogP contribution < -0.4 is 15.4 Å². The van der Waals surface area contributed by atoms with Crippen LogP contribution in [-0.4, -0.2) is 41.0 Å². The number of nitrogens with zero attached hydrogens (tertiary/aromatic N) is 1. The van der Waals surface area contributed by atoms with E-state index in [1.165, 1.54) is 49.6 Å². The summed E-state index contributed by atoms with van der Waals surface area (Å²) in [6.07, 6.45) is 1.43. The molecule has 2 aromatic carbocycles. The van der Waals surface area contributed by atoms with Gasteiger partial charge in [-0.3, -0.25) is 19.7 Å². The summed E-state index contributed by atoms with van der Waals surface area (Å²) in [4.78, 5) is 47.7. The van der Waals surface area contributed by atoms with Crippen LogP contribution in [0.2, 0.25) is 0 Å². The molecule has 0 heterocycles. The van der Waals surface area contributed by atoms with E-state index in [1.54, 1.807) is 12.1 Å². The fourth-order valence-electron chi connectivity index (χ4n) is 2.92. The molecule has 3 N–H and O–H groups in total. The number of ether oxygens (including phenoxy) is 1. The average molecular weight is 455 g/mol. The summed E-state index contributed by atoms with van der Waals surface area (Å²) < 4.78 is 5.06. The number of carboxylic acids is 1. The quantitative estimate of drug-likeness (QED) is 0.283. The molecule has 2 aromatic rings. The molecule has 0 spiro atoms. The maximum atomic E-state index is 12.9. The number of nitro groups is 1. The smallest absolute Gasteiger partial charge is 0.326 e. The van der Waals surface area contributed by atoms with E-state index in [0.717, 1.165) is 0 Å². The van der Waals surface area contributed by atoms with Crippen molar-refractivity contribution < 1.29 is 29.2 Å². The van der Waals surface area contributed by atoms with Crippen LogP contribution in [0.1, 0.15) is 36.2 Å². The van der Waals surface area contributed by atoms with E-state index in [4.69, 9.17) is 4.74 Å². The Kier molecular flexibility index (Phi) is 8.67. The van der Waals surface area contributed by atoms with Crippen molar-refractivity contribution in [1.82, 2.24) is 10.6 Å². The average Bonchev–Trinajstić information content (AvgIpc) is 2.77. The number of carboxylic acid groups (broad SMARTS) is 1. The first-order valence-electron chi connectivity index (χ1n) is 10.1. The molecule has 0 bridgehead atoms. The van der Waals surface area contributed by atoms with Crippen molar-refractivity contribution in [3.05, 3.63) is 75.5 Å². The van der Waals surface area contributed by atoms with Gasteiger partial charge in [0.25, 0.3) is 17.5 Å². The lowest BCUT2D eigenvalue weighted by molar-refractivity contribution is -0.384. The van der Waals surface area contributed by atoms with Crippen LogP contribution in [0, 0.1) is 16.0 Å². The number of non-ortho nitro benzene ring substituents is 1. The van der Waals surface area contributed by atoms with Crippen LogP contribution >= 0.6 is 0 Å². The van der Waals surface area contributed by atoms with E-state index in [1.807, 2.05) is 13.8 Å². The molecule has 0 aliphatic rings. The predicted molar refractivity (Wildman–Crippen MR) is 121 cm³/mol. The van der Waals surface area contributed by atoms with Crippen molar-refractivity contribution >= 4 is 29.5 Å².